The summed E-state index contributed by atoms with van der Waals surface area (Å²) in [5, 5.41) is 0. The van der Waals surface area contributed by atoms with E-state index in [-0.39, 0.29) is 5.82 Å². The van der Waals surface area contributed by atoms with Crippen molar-refractivity contribution in [2.24, 2.45) is 5.73 Å². The van der Waals surface area contributed by atoms with Crippen LogP contribution in [0.2, 0.25) is 0 Å². The Hall–Kier alpha value is -0.890. The van der Waals surface area contributed by atoms with Gasteiger partial charge < -0.3 is 5.73 Å². The van der Waals surface area contributed by atoms with Gasteiger partial charge in [0.1, 0.15) is 5.82 Å². The second-order valence-corrected chi connectivity index (χ2v) is 3.74. The number of halogens is 1. The molecule has 0 aliphatic rings. The van der Waals surface area contributed by atoms with E-state index in [0.717, 1.165) is 11.1 Å². The van der Waals surface area contributed by atoms with Gasteiger partial charge in [-0.1, -0.05) is 6.07 Å². The molecule has 0 atom stereocenters. The quantitative estimate of drug-likeness (QED) is 0.682. The molecule has 0 amide bonds. The van der Waals surface area contributed by atoms with E-state index in [4.69, 9.17) is 5.73 Å². The molecule has 0 saturated carbocycles. The second kappa shape index (κ2) is 2.87. The molecular formula is C10H14FN. The van der Waals surface area contributed by atoms with Gasteiger partial charge in [-0.05, 0) is 44.0 Å². The van der Waals surface area contributed by atoms with Crippen molar-refractivity contribution >= 4 is 0 Å². The molecule has 0 spiro atoms. The van der Waals surface area contributed by atoms with Crippen LogP contribution in [0.25, 0.3) is 0 Å². The van der Waals surface area contributed by atoms with Crippen molar-refractivity contribution in [1.82, 2.24) is 0 Å². The number of rotatable bonds is 1. The molecule has 0 aliphatic carbocycles. The van der Waals surface area contributed by atoms with Gasteiger partial charge in [-0.3, -0.25) is 0 Å². The third kappa shape index (κ3) is 2.05. The SMILES string of the molecule is Cc1cc(F)cc(C(C)(C)N)c1. The van der Waals surface area contributed by atoms with E-state index in [1.54, 1.807) is 0 Å². The number of nitrogens with two attached hydrogens (primary N) is 1. The summed E-state index contributed by atoms with van der Waals surface area (Å²) < 4.78 is 12.9. The van der Waals surface area contributed by atoms with Gasteiger partial charge in [0.25, 0.3) is 0 Å². The lowest BCUT2D eigenvalue weighted by Crippen LogP contribution is -2.28. The van der Waals surface area contributed by atoms with Gasteiger partial charge >= 0.3 is 0 Å². The van der Waals surface area contributed by atoms with Crippen LogP contribution >= 0.6 is 0 Å². The van der Waals surface area contributed by atoms with Gasteiger partial charge in [0.05, 0.1) is 0 Å². The Labute approximate surface area is 72.4 Å². The number of hydrogen-bond donors (Lipinski definition) is 1. The van der Waals surface area contributed by atoms with E-state index in [9.17, 15) is 4.39 Å². The first-order chi connectivity index (χ1) is 5.39. The molecule has 0 fully saturated rings. The summed E-state index contributed by atoms with van der Waals surface area (Å²) in [4.78, 5) is 0. The van der Waals surface area contributed by atoms with Crippen molar-refractivity contribution < 1.29 is 4.39 Å². The molecule has 2 N–H and O–H groups in total. The lowest BCUT2D eigenvalue weighted by molar-refractivity contribution is 0.543. The topological polar surface area (TPSA) is 26.0 Å². The van der Waals surface area contributed by atoms with Crippen LogP contribution in [0.15, 0.2) is 18.2 Å². The summed E-state index contributed by atoms with van der Waals surface area (Å²) >= 11 is 0. The van der Waals surface area contributed by atoms with Crippen molar-refractivity contribution in [1.29, 1.82) is 0 Å². The maximum absolute atomic E-state index is 12.9. The molecule has 1 nitrogen and oxygen atoms in total. The summed E-state index contributed by atoms with van der Waals surface area (Å²) in [6, 6.07) is 4.88. The van der Waals surface area contributed by atoms with Crippen LogP contribution in [0.4, 0.5) is 4.39 Å². The van der Waals surface area contributed by atoms with E-state index in [1.807, 2.05) is 26.8 Å². The van der Waals surface area contributed by atoms with E-state index in [1.165, 1.54) is 12.1 Å². The molecule has 0 bridgehead atoms. The van der Waals surface area contributed by atoms with Crippen LogP contribution in [-0.2, 0) is 5.54 Å². The molecule has 0 aromatic heterocycles. The molecule has 0 radical (unpaired) electrons. The average Bonchev–Trinajstić information content (AvgIpc) is 1.82. The van der Waals surface area contributed by atoms with Crippen LogP contribution in [-0.4, -0.2) is 0 Å². The van der Waals surface area contributed by atoms with Crippen LogP contribution < -0.4 is 5.73 Å². The molecule has 66 valence electrons. The van der Waals surface area contributed by atoms with Gasteiger partial charge in [-0.15, -0.1) is 0 Å². The fourth-order valence-electron chi connectivity index (χ4n) is 1.11. The predicted octanol–water partition coefficient (Wildman–Crippen LogP) is 2.33. The van der Waals surface area contributed by atoms with E-state index >= 15 is 0 Å². The summed E-state index contributed by atoms with van der Waals surface area (Å²) in [6.07, 6.45) is 0. The maximum Gasteiger partial charge on any atom is 0.123 e. The van der Waals surface area contributed by atoms with E-state index in [2.05, 4.69) is 0 Å². The first-order valence-electron chi connectivity index (χ1n) is 3.96. The van der Waals surface area contributed by atoms with E-state index in [0.29, 0.717) is 0 Å². The Morgan fingerprint density at radius 3 is 2.25 bits per heavy atom. The third-order valence-corrected chi connectivity index (χ3v) is 1.79. The zero-order chi connectivity index (χ0) is 9.35. The van der Waals surface area contributed by atoms with Crippen LogP contribution in [0.1, 0.15) is 25.0 Å². The normalized spacial score (nSPS) is 11.8. The second-order valence-electron chi connectivity index (χ2n) is 3.74. The minimum atomic E-state index is -0.465. The molecule has 1 aromatic rings. The lowest BCUT2D eigenvalue weighted by atomic mass is 9.94. The fourth-order valence-corrected chi connectivity index (χ4v) is 1.11. The Morgan fingerprint density at radius 1 is 1.25 bits per heavy atom. The van der Waals surface area contributed by atoms with Crippen molar-refractivity contribution in [3.8, 4) is 0 Å². The smallest absolute Gasteiger partial charge is 0.123 e. The van der Waals surface area contributed by atoms with Crippen molar-refractivity contribution in [2.45, 2.75) is 26.3 Å². The molecule has 0 saturated heterocycles. The summed E-state index contributed by atoms with van der Waals surface area (Å²) in [7, 11) is 0. The van der Waals surface area contributed by atoms with E-state index < -0.39 is 5.54 Å². The van der Waals surface area contributed by atoms with Gasteiger partial charge in [0, 0.05) is 5.54 Å². The zero-order valence-electron chi connectivity index (χ0n) is 7.69. The first kappa shape index (κ1) is 9.20. The summed E-state index contributed by atoms with van der Waals surface area (Å²) in [5.41, 5.74) is 7.10. The average molecular weight is 167 g/mol. The molecule has 0 aliphatic heterocycles. The monoisotopic (exact) mass is 167 g/mol. The Morgan fingerprint density at radius 2 is 1.83 bits per heavy atom. The molecule has 0 heterocycles. The lowest BCUT2D eigenvalue weighted by Gasteiger charge is -2.19. The molecule has 2 heteroatoms. The number of benzene rings is 1. The summed E-state index contributed by atoms with van der Waals surface area (Å²) in [5.74, 6) is -0.219. The highest BCUT2D eigenvalue weighted by molar-refractivity contribution is 5.28. The van der Waals surface area contributed by atoms with Crippen molar-refractivity contribution in [2.75, 3.05) is 0 Å². The van der Waals surface area contributed by atoms with Crippen LogP contribution in [0, 0.1) is 12.7 Å². The van der Waals surface area contributed by atoms with Gasteiger partial charge in [-0.2, -0.15) is 0 Å². The van der Waals surface area contributed by atoms with Gasteiger partial charge in [-0.25, -0.2) is 4.39 Å². The third-order valence-electron chi connectivity index (χ3n) is 1.79. The van der Waals surface area contributed by atoms with Gasteiger partial charge in [0.2, 0.25) is 0 Å². The minimum Gasteiger partial charge on any atom is -0.322 e. The standard InChI is InChI=1S/C10H14FN/c1-7-4-8(10(2,3)12)6-9(11)5-7/h4-6H,12H2,1-3H3. The largest absolute Gasteiger partial charge is 0.322 e. The molecular weight excluding hydrogens is 153 g/mol. The predicted molar refractivity (Wildman–Crippen MR) is 48.4 cm³/mol. The molecule has 12 heavy (non-hydrogen) atoms. The Bertz CT molecular complexity index is 266. The van der Waals surface area contributed by atoms with Gasteiger partial charge in [0.15, 0.2) is 0 Å². The van der Waals surface area contributed by atoms with Crippen LogP contribution in [0.3, 0.4) is 0 Å². The highest BCUT2D eigenvalue weighted by Gasteiger charge is 2.14. The number of hydrogen-bond acceptors (Lipinski definition) is 1. The zero-order valence-corrected chi connectivity index (χ0v) is 7.69. The highest BCUT2D eigenvalue weighted by Crippen LogP contribution is 2.19. The maximum atomic E-state index is 12.9. The van der Waals surface area contributed by atoms with Crippen molar-refractivity contribution in [3.05, 3.63) is 35.1 Å². The molecule has 1 rings (SSSR count). The number of aryl methyl sites for hydroxylation is 1. The summed E-state index contributed by atoms with van der Waals surface area (Å²) in [6.45, 7) is 5.58. The molecule has 1 aromatic carbocycles. The first-order valence-corrected chi connectivity index (χ1v) is 3.96. The Kier molecular flexibility index (Phi) is 2.20. The molecule has 0 unspecified atom stereocenters. The highest BCUT2D eigenvalue weighted by atomic mass is 19.1. The van der Waals surface area contributed by atoms with Crippen LogP contribution in [0.5, 0.6) is 0 Å². The Balaban J connectivity index is 3.18. The minimum absolute atomic E-state index is 0.219. The fraction of sp³-hybridized carbons (Fsp3) is 0.400. The van der Waals surface area contributed by atoms with Crippen molar-refractivity contribution in [3.63, 3.8) is 0 Å².